The van der Waals surface area contributed by atoms with Crippen LogP contribution in [-0.4, -0.2) is 29.1 Å². The standard InChI is InChI=1S/C14H17Cl2NO2.ClH/c1-9(11-2-3-12(15)13(16)8-11)17-6-4-10(5-7-17)14(18)19;/h2-3,8-10H,4-7H2,1H3,(H,18,19);1H. The third kappa shape index (κ3) is 4.01. The number of benzene rings is 1. The molecule has 0 bridgehead atoms. The Morgan fingerprint density at radius 2 is 1.90 bits per heavy atom. The largest absolute Gasteiger partial charge is 0.481 e. The summed E-state index contributed by atoms with van der Waals surface area (Å²) >= 11 is 11.9. The van der Waals surface area contributed by atoms with Crippen molar-refractivity contribution in [1.29, 1.82) is 0 Å². The molecule has 1 unspecified atom stereocenters. The first-order chi connectivity index (χ1) is 8.99. The van der Waals surface area contributed by atoms with Crippen molar-refractivity contribution in [2.75, 3.05) is 13.1 Å². The molecule has 20 heavy (non-hydrogen) atoms. The first-order valence-corrected chi connectivity index (χ1v) is 7.16. The smallest absolute Gasteiger partial charge is 0.306 e. The maximum atomic E-state index is 10.9. The first kappa shape index (κ1) is 17.6. The maximum Gasteiger partial charge on any atom is 0.306 e. The Morgan fingerprint density at radius 1 is 1.30 bits per heavy atom. The van der Waals surface area contributed by atoms with E-state index in [-0.39, 0.29) is 24.4 Å². The summed E-state index contributed by atoms with van der Waals surface area (Å²) in [7, 11) is 0. The van der Waals surface area contributed by atoms with Crippen LogP contribution in [-0.2, 0) is 4.79 Å². The molecule has 1 heterocycles. The second kappa shape index (κ2) is 7.51. The Bertz CT molecular complexity index is 473. The van der Waals surface area contributed by atoms with Gasteiger partial charge in [0.05, 0.1) is 16.0 Å². The topological polar surface area (TPSA) is 40.5 Å². The van der Waals surface area contributed by atoms with E-state index in [0.29, 0.717) is 22.9 Å². The number of rotatable bonds is 3. The van der Waals surface area contributed by atoms with E-state index in [1.807, 2.05) is 12.1 Å². The van der Waals surface area contributed by atoms with Crippen LogP contribution in [0.1, 0.15) is 31.4 Å². The van der Waals surface area contributed by atoms with Crippen molar-refractivity contribution in [2.45, 2.75) is 25.8 Å². The van der Waals surface area contributed by atoms with Crippen molar-refractivity contribution in [3.8, 4) is 0 Å². The molecule has 1 aliphatic rings. The molecule has 112 valence electrons. The lowest BCUT2D eigenvalue weighted by Gasteiger charge is -2.35. The van der Waals surface area contributed by atoms with E-state index in [2.05, 4.69) is 11.8 Å². The Balaban J connectivity index is 0.00000200. The molecule has 1 atom stereocenters. The summed E-state index contributed by atoms with van der Waals surface area (Å²) in [5, 5.41) is 10.1. The number of carboxylic acids is 1. The highest BCUT2D eigenvalue weighted by Gasteiger charge is 2.27. The zero-order chi connectivity index (χ0) is 14.0. The van der Waals surface area contributed by atoms with Gasteiger partial charge in [-0.05, 0) is 50.6 Å². The van der Waals surface area contributed by atoms with E-state index in [1.165, 1.54) is 0 Å². The van der Waals surface area contributed by atoms with Crippen LogP contribution in [0.5, 0.6) is 0 Å². The van der Waals surface area contributed by atoms with Crippen LogP contribution in [0.25, 0.3) is 0 Å². The van der Waals surface area contributed by atoms with Crippen molar-refractivity contribution in [3.05, 3.63) is 33.8 Å². The average Bonchev–Trinajstić information content (AvgIpc) is 2.41. The molecular formula is C14H18Cl3NO2. The molecule has 6 heteroatoms. The Labute approximate surface area is 135 Å². The lowest BCUT2D eigenvalue weighted by molar-refractivity contribution is -0.143. The van der Waals surface area contributed by atoms with E-state index in [4.69, 9.17) is 28.3 Å². The van der Waals surface area contributed by atoms with Crippen molar-refractivity contribution < 1.29 is 9.90 Å². The van der Waals surface area contributed by atoms with Crippen LogP contribution >= 0.6 is 35.6 Å². The monoisotopic (exact) mass is 337 g/mol. The van der Waals surface area contributed by atoms with Gasteiger partial charge < -0.3 is 5.11 Å². The highest BCUT2D eigenvalue weighted by atomic mass is 35.5. The van der Waals surface area contributed by atoms with Crippen LogP contribution in [0, 0.1) is 5.92 Å². The fraction of sp³-hybridized carbons (Fsp3) is 0.500. The van der Waals surface area contributed by atoms with Crippen LogP contribution in [0.4, 0.5) is 0 Å². The van der Waals surface area contributed by atoms with E-state index < -0.39 is 5.97 Å². The summed E-state index contributed by atoms with van der Waals surface area (Å²) in [6.07, 6.45) is 1.42. The summed E-state index contributed by atoms with van der Waals surface area (Å²) in [5.41, 5.74) is 1.11. The molecule has 1 N–H and O–H groups in total. The van der Waals surface area contributed by atoms with Gasteiger partial charge in [0.2, 0.25) is 0 Å². The van der Waals surface area contributed by atoms with Gasteiger partial charge in [-0.2, -0.15) is 0 Å². The van der Waals surface area contributed by atoms with Gasteiger partial charge in [0.25, 0.3) is 0 Å². The molecule has 0 saturated carbocycles. The summed E-state index contributed by atoms with van der Waals surface area (Å²) in [5.74, 6) is -0.876. The molecule has 0 spiro atoms. The second-order valence-corrected chi connectivity index (χ2v) is 5.81. The molecule has 0 amide bonds. The van der Waals surface area contributed by atoms with E-state index in [1.54, 1.807) is 6.07 Å². The highest BCUT2D eigenvalue weighted by Crippen LogP contribution is 2.30. The van der Waals surface area contributed by atoms with Crippen LogP contribution in [0.3, 0.4) is 0 Å². The van der Waals surface area contributed by atoms with Crippen LogP contribution in [0.2, 0.25) is 10.0 Å². The van der Waals surface area contributed by atoms with E-state index in [0.717, 1.165) is 18.7 Å². The summed E-state index contributed by atoms with van der Waals surface area (Å²) in [4.78, 5) is 13.2. The molecular weight excluding hydrogens is 321 g/mol. The second-order valence-electron chi connectivity index (χ2n) is 5.00. The maximum absolute atomic E-state index is 10.9. The third-order valence-corrected chi connectivity index (χ3v) is 4.59. The molecule has 0 aliphatic carbocycles. The van der Waals surface area contributed by atoms with Crippen LogP contribution in [0.15, 0.2) is 18.2 Å². The number of piperidine rings is 1. The van der Waals surface area contributed by atoms with Crippen LogP contribution < -0.4 is 0 Å². The molecule has 1 fully saturated rings. The van der Waals surface area contributed by atoms with Crippen molar-refractivity contribution in [3.63, 3.8) is 0 Å². The molecule has 1 aromatic carbocycles. The number of aliphatic carboxylic acids is 1. The summed E-state index contributed by atoms with van der Waals surface area (Å²) < 4.78 is 0. The summed E-state index contributed by atoms with van der Waals surface area (Å²) in [6.45, 7) is 3.72. The molecule has 1 saturated heterocycles. The van der Waals surface area contributed by atoms with Crippen molar-refractivity contribution in [1.82, 2.24) is 4.90 Å². The zero-order valence-electron chi connectivity index (χ0n) is 11.2. The number of hydrogen-bond donors (Lipinski definition) is 1. The van der Waals surface area contributed by atoms with E-state index >= 15 is 0 Å². The SMILES string of the molecule is CC(c1ccc(Cl)c(Cl)c1)N1CCC(C(=O)O)CC1.Cl. The molecule has 1 aromatic rings. The van der Waals surface area contributed by atoms with Gasteiger partial charge in [0.1, 0.15) is 0 Å². The first-order valence-electron chi connectivity index (χ1n) is 6.41. The minimum Gasteiger partial charge on any atom is -0.481 e. The molecule has 0 aromatic heterocycles. The summed E-state index contributed by atoms with van der Waals surface area (Å²) in [6, 6.07) is 5.89. The third-order valence-electron chi connectivity index (χ3n) is 3.85. The average molecular weight is 339 g/mol. The fourth-order valence-electron chi connectivity index (χ4n) is 2.52. The predicted octanol–water partition coefficient (Wildman–Crippen LogP) is 4.27. The Hall–Kier alpha value is -0.480. The van der Waals surface area contributed by atoms with Gasteiger partial charge in [-0.15, -0.1) is 12.4 Å². The number of hydrogen-bond acceptors (Lipinski definition) is 2. The van der Waals surface area contributed by atoms with Gasteiger partial charge >= 0.3 is 5.97 Å². The predicted molar refractivity (Wildman–Crippen MR) is 84.1 cm³/mol. The molecule has 1 aliphatic heterocycles. The Kier molecular flexibility index (Phi) is 6.59. The molecule has 3 nitrogen and oxygen atoms in total. The number of nitrogens with zero attached hydrogens (tertiary/aromatic N) is 1. The van der Waals surface area contributed by atoms with Gasteiger partial charge in [0.15, 0.2) is 0 Å². The number of carboxylic acid groups (broad SMARTS) is 1. The lowest BCUT2D eigenvalue weighted by atomic mass is 9.95. The quantitative estimate of drug-likeness (QED) is 0.894. The fourth-order valence-corrected chi connectivity index (χ4v) is 2.82. The number of halogens is 3. The van der Waals surface area contributed by atoms with Crippen molar-refractivity contribution >= 4 is 41.6 Å². The number of likely N-dealkylation sites (tertiary alicyclic amines) is 1. The normalized spacial score (nSPS) is 18.4. The molecule has 0 radical (unpaired) electrons. The van der Waals surface area contributed by atoms with E-state index in [9.17, 15) is 4.79 Å². The van der Waals surface area contributed by atoms with Gasteiger partial charge in [0, 0.05) is 6.04 Å². The zero-order valence-corrected chi connectivity index (χ0v) is 13.5. The Morgan fingerprint density at radius 3 is 2.40 bits per heavy atom. The molecule has 2 rings (SSSR count). The minimum atomic E-state index is -0.679. The highest BCUT2D eigenvalue weighted by molar-refractivity contribution is 6.42. The lowest BCUT2D eigenvalue weighted by Crippen LogP contribution is -2.37. The minimum absolute atomic E-state index is 0. The van der Waals surface area contributed by atoms with Gasteiger partial charge in [-0.1, -0.05) is 29.3 Å². The van der Waals surface area contributed by atoms with Gasteiger partial charge in [-0.25, -0.2) is 0 Å². The van der Waals surface area contributed by atoms with Gasteiger partial charge in [-0.3, -0.25) is 9.69 Å². The van der Waals surface area contributed by atoms with Crippen molar-refractivity contribution in [2.24, 2.45) is 5.92 Å². The number of carbonyl (C=O) groups is 1.